The second kappa shape index (κ2) is 40.5. The molecule has 6 aromatic heterocycles. The van der Waals surface area contributed by atoms with E-state index in [2.05, 4.69) is 44.4 Å². The van der Waals surface area contributed by atoms with Crippen LogP contribution in [-0.4, -0.2) is 156 Å². The van der Waals surface area contributed by atoms with Crippen molar-refractivity contribution in [2.75, 3.05) is 61.0 Å². The number of hydrogen-bond acceptors (Lipinski definition) is 18. The van der Waals surface area contributed by atoms with Crippen LogP contribution < -0.4 is 14.2 Å². The number of hydrogen-bond donors (Lipinski definition) is 3. The van der Waals surface area contributed by atoms with Crippen LogP contribution in [0.4, 0.5) is 56.6 Å². The molecule has 0 spiro atoms. The van der Waals surface area contributed by atoms with Crippen molar-refractivity contribution in [3.63, 3.8) is 0 Å². The van der Waals surface area contributed by atoms with Crippen molar-refractivity contribution in [1.29, 1.82) is 0 Å². The van der Waals surface area contributed by atoms with Crippen molar-refractivity contribution in [1.82, 2.24) is 43.6 Å². The second-order valence-electron chi connectivity index (χ2n) is 31.3. The van der Waals surface area contributed by atoms with Gasteiger partial charge in [-0.3, -0.25) is 0 Å². The summed E-state index contributed by atoms with van der Waals surface area (Å²) in [6.07, 6.45) is -1.35. The molecule has 0 bridgehead atoms. The van der Waals surface area contributed by atoms with E-state index in [1.807, 2.05) is 0 Å². The van der Waals surface area contributed by atoms with Crippen molar-refractivity contribution >= 4 is 68.1 Å². The van der Waals surface area contributed by atoms with Crippen LogP contribution in [0, 0.1) is 72.1 Å². The summed E-state index contributed by atoms with van der Waals surface area (Å²) in [7, 11) is 4.63. The van der Waals surface area contributed by atoms with Crippen molar-refractivity contribution in [2.45, 2.75) is 75.5 Å². The van der Waals surface area contributed by atoms with E-state index in [1.165, 1.54) is 109 Å². The maximum Gasteiger partial charge on any atom is 0.335 e. The number of imidazole rings is 3. The first kappa shape index (κ1) is 92.5. The van der Waals surface area contributed by atoms with Gasteiger partial charge in [-0.15, -0.1) is 0 Å². The Bertz CT molecular complexity index is 6590. The molecular weight excluding hydrogens is 1770 g/mol. The number of ether oxygens (including phenoxy) is 9. The molecule has 3 fully saturated rings. The number of halogens is 9. The zero-order valence-electron chi connectivity index (χ0n) is 71.5. The van der Waals surface area contributed by atoms with Gasteiger partial charge in [0.2, 0.25) is 17.6 Å². The SMILES string of the molecule is [C-]#[N+]c1ccc(COc2cccc(-c3cc(F)c(Cc4nc5ccc(C(=O)O)cc5n4C4COCC4OC)cc3F)n2)c(F)c1.[C-]#[N+]c1ccc(COc2cccc(-c3cc(F)c(Cc4nc5ccc(C(=O)O)cc5n4C4COCC4OC)cc3F)n2)c(F)c1.[C-]#[N+]c1ccc(COc2cccc(-c3cc(F)c(Cc4nc5ccc(C(=O)O)cc5n4C4COCC4OC)cc3F)n2)c(F)c1. The Balaban J connectivity index is 0.000000147. The van der Waals surface area contributed by atoms with Gasteiger partial charge in [0.25, 0.3) is 0 Å². The molecule has 0 amide bonds. The number of benzene rings is 9. The maximum atomic E-state index is 15.6. The smallest absolute Gasteiger partial charge is 0.335 e. The molecule has 27 nitrogen and oxygen atoms in total. The Hall–Kier alpha value is -15.8. The van der Waals surface area contributed by atoms with Crippen molar-refractivity contribution in [3.05, 3.63) is 354 Å². The van der Waals surface area contributed by atoms with Gasteiger partial charge in [-0.05, 0) is 144 Å². The summed E-state index contributed by atoms with van der Waals surface area (Å²) in [6, 6.07) is 44.6. The molecule has 3 saturated heterocycles. The van der Waals surface area contributed by atoms with Crippen LogP contribution in [0.5, 0.6) is 17.6 Å². The lowest BCUT2D eigenvalue weighted by Crippen LogP contribution is -2.26. The van der Waals surface area contributed by atoms with Crippen LogP contribution in [0.1, 0.15) is 100 Å². The number of pyridine rings is 3. The standard InChI is InChI=1S/3C33H25F3N4O5/c3*1-37-21-8-6-19(23(34)13-21)15-45-32-5-3-4-26(39-32)22-14-24(35)20(10-25(22)36)12-31-38-27-9-7-18(33(41)42)11-28(27)40(31)29-16-44-17-30(29)43-2/h3*3-11,13-14,29-30H,12,15-17H2,2H3,(H,41,42). The van der Waals surface area contributed by atoms with E-state index in [4.69, 9.17) is 62.3 Å². The number of fused-ring (bicyclic) bond motifs is 3. The Morgan fingerprint density at radius 3 is 0.867 bits per heavy atom. The summed E-state index contributed by atoms with van der Waals surface area (Å²) < 4.78 is 192. The van der Waals surface area contributed by atoms with E-state index >= 15 is 26.3 Å². The summed E-state index contributed by atoms with van der Waals surface area (Å²) in [4.78, 5) is 71.4. The predicted molar refractivity (Wildman–Crippen MR) is 470 cm³/mol. The van der Waals surface area contributed by atoms with Crippen LogP contribution in [0.2, 0.25) is 0 Å². The van der Waals surface area contributed by atoms with E-state index in [-0.39, 0.29) is 214 Å². The third-order valence-electron chi connectivity index (χ3n) is 23.0. The van der Waals surface area contributed by atoms with Crippen LogP contribution in [-0.2, 0) is 67.5 Å². The fraction of sp³-hybridized carbons (Fsp3) is 0.212. The molecule has 9 heterocycles. The molecule has 36 heteroatoms. The molecule has 9 aromatic carbocycles. The van der Waals surface area contributed by atoms with Crippen molar-refractivity contribution in [2.24, 2.45) is 0 Å². The first-order valence-corrected chi connectivity index (χ1v) is 41.5. The summed E-state index contributed by atoms with van der Waals surface area (Å²) in [5, 5.41) is 28.6. The highest BCUT2D eigenvalue weighted by molar-refractivity contribution is 5.94. The van der Waals surface area contributed by atoms with E-state index in [1.54, 1.807) is 71.4 Å². The zero-order valence-corrected chi connectivity index (χ0v) is 71.5. The molecule has 3 aliphatic heterocycles. The molecule has 135 heavy (non-hydrogen) atoms. The fourth-order valence-electron chi connectivity index (χ4n) is 16.1. The summed E-state index contributed by atoms with van der Waals surface area (Å²) >= 11 is 0. The molecular formula is C99H75F9N12O15. The second-order valence-corrected chi connectivity index (χ2v) is 31.3. The average molecular weight is 1840 g/mol. The quantitative estimate of drug-likeness (QED) is 0.0318. The number of rotatable bonds is 27. The Labute approximate surface area is 762 Å². The van der Waals surface area contributed by atoms with Crippen molar-refractivity contribution in [3.8, 4) is 51.4 Å². The molecule has 6 atom stereocenters. The lowest BCUT2D eigenvalue weighted by atomic mass is 10.0. The number of aromatic carboxylic acids is 3. The van der Waals surface area contributed by atoms with Crippen LogP contribution >= 0.6 is 0 Å². The zero-order chi connectivity index (χ0) is 95.0. The molecule has 15 aromatic rings. The average Bonchev–Trinajstić information content (AvgIpc) is 1.61. The summed E-state index contributed by atoms with van der Waals surface area (Å²) in [5.74, 6) is -8.00. The van der Waals surface area contributed by atoms with Gasteiger partial charge in [0.15, 0.2) is 17.1 Å². The number of nitrogens with zero attached hydrogens (tertiary/aromatic N) is 12. The molecule has 18 rings (SSSR count). The van der Waals surface area contributed by atoms with E-state index in [9.17, 15) is 42.9 Å². The van der Waals surface area contributed by atoms with Gasteiger partial charge in [-0.2, -0.15) is 0 Å². The number of carboxylic acids is 3. The molecule has 0 saturated carbocycles. The molecule has 6 unspecified atom stereocenters. The van der Waals surface area contributed by atoms with Gasteiger partial charge < -0.3 is 71.7 Å². The minimum absolute atomic E-state index is 0.0323. The molecule has 0 radical (unpaired) electrons. The van der Waals surface area contributed by atoms with Crippen LogP contribution in [0.3, 0.4) is 0 Å². The molecule has 3 aliphatic rings. The van der Waals surface area contributed by atoms with Gasteiger partial charge in [-0.1, -0.05) is 54.6 Å². The van der Waals surface area contributed by atoms with Gasteiger partial charge in [0.05, 0.1) is 144 Å². The number of carbonyl (C=O) groups is 3. The topological polar surface area (TPSA) is 300 Å². The number of carboxylic acid groups (broad SMARTS) is 3. The van der Waals surface area contributed by atoms with Gasteiger partial charge >= 0.3 is 17.9 Å². The molecule has 0 aliphatic carbocycles. The molecule has 3 N–H and O–H groups in total. The fourth-order valence-corrected chi connectivity index (χ4v) is 16.1. The third-order valence-corrected chi connectivity index (χ3v) is 23.0. The summed E-state index contributed by atoms with van der Waals surface area (Å²) in [6.45, 7) is 22.2. The largest absolute Gasteiger partial charge is 0.478 e. The normalized spacial score (nSPS) is 16.2. The first-order chi connectivity index (χ1) is 65.2. The number of aromatic nitrogens is 9. The molecule has 684 valence electrons. The van der Waals surface area contributed by atoms with Crippen LogP contribution in [0.15, 0.2) is 200 Å². The monoisotopic (exact) mass is 1840 g/mol. The van der Waals surface area contributed by atoms with Gasteiger partial charge in [-0.25, -0.2) is 98.3 Å². The van der Waals surface area contributed by atoms with E-state index in [0.29, 0.717) is 70.4 Å². The Morgan fingerprint density at radius 2 is 0.615 bits per heavy atom. The minimum atomic E-state index is -1.11. The number of methoxy groups -OCH3 is 3. The summed E-state index contributed by atoms with van der Waals surface area (Å²) in [5.41, 5.74) is 4.47. The highest BCUT2D eigenvalue weighted by Gasteiger charge is 2.38. The lowest BCUT2D eigenvalue weighted by Gasteiger charge is -2.21. The Kier molecular flexibility index (Phi) is 27.8. The van der Waals surface area contributed by atoms with Gasteiger partial charge in [0.1, 0.15) is 108 Å². The van der Waals surface area contributed by atoms with Crippen molar-refractivity contribution < 1.29 is 112 Å². The van der Waals surface area contributed by atoms with Gasteiger partial charge in [0, 0.05) is 92.2 Å². The van der Waals surface area contributed by atoms with Crippen LogP contribution in [0.25, 0.3) is 81.4 Å². The maximum absolute atomic E-state index is 15.6. The first-order valence-electron chi connectivity index (χ1n) is 41.5. The lowest BCUT2D eigenvalue weighted by molar-refractivity contribution is 0.0683. The van der Waals surface area contributed by atoms with E-state index in [0.717, 1.165) is 54.6 Å². The predicted octanol–water partition coefficient (Wildman–Crippen LogP) is 19.6. The Morgan fingerprint density at radius 1 is 0.341 bits per heavy atom. The van der Waals surface area contributed by atoms with E-state index < -0.39 is 70.3 Å². The highest BCUT2D eigenvalue weighted by Crippen LogP contribution is 2.39. The third kappa shape index (κ3) is 20.2. The minimum Gasteiger partial charge on any atom is -0.478 e. The highest BCUT2D eigenvalue weighted by atomic mass is 19.2.